The molecule has 6 nitrogen and oxygen atoms in total. The number of primary amides is 1. The number of carbonyl (C=O) groups is 1. The molecule has 1 aromatic heterocycles. The molecule has 2 aromatic rings. The molecule has 0 fully saturated rings. The molecule has 0 saturated carbocycles. The number of amides is 2. The van der Waals surface area contributed by atoms with Gasteiger partial charge in [-0.05, 0) is 30.7 Å². The Morgan fingerprint density at radius 3 is 2.62 bits per heavy atom. The van der Waals surface area contributed by atoms with E-state index in [-0.39, 0.29) is 6.04 Å². The SMILES string of the molecule is CC(NCCc1ccn(C)n1)c1ccc(NC(N)=O)cc1. The molecular weight excluding hydrogens is 266 g/mol. The second kappa shape index (κ2) is 6.90. The summed E-state index contributed by atoms with van der Waals surface area (Å²) in [6.07, 6.45) is 2.84. The Bertz CT molecular complexity index is 590. The second-order valence-corrected chi connectivity index (χ2v) is 5.02. The van der Waals surface area contributed by atoms with Crippen LogP contribution in [0.3, 0.4) is 0 Å². The van der Waals surface area contributed by atoms with Gasteiger partial charge in [-0.25, -0.2) is 4.79 Å². The average Bonchev–Trinajstić information content (AvgIpc) is 2.84. The highest BCUT2D eigenvalue weighted by Gasteiger charge is 2.05. The molecule has 21 heavy (non-hydrogen) atoms. The van der Waals surface area contributed by atoms with Crippen molar-refractivity contribution in [3.63, 3.8) is 0 Å². The molecule has 1 aromatic carbocycles. The van der Waals surface area contributed by atoms with Crippen molar-refractivity contribution in [2.24, 2.45) is 12.8 Å². The zero-order valence-electron chi connectivity index (χ0n) is 12.3. The molecular formula is C15H21N5O. The normalized spacial score (nSPS) is 12.1. The Kier molecular flexibility index (Phi) is 4.94. The number of anilines is 1. The maximum absolute atomic E-state index is 10.8. The number of benzene rings is 1. The lowest BCUT2D eigenvalue weighted by Gasteiger charge is -2.14. The summed E-state index contributed by atoms with van der Waals surface area (Å²) in [5.41, 5.74) is 8.02. The lowest BCUT2D eigenvalue weighted by molar-refractivity contribution is 0.259. The third-order valence-corrected chi connectivity index (χ3v) is 3.28. The summed E-state index contributed by atoms with van der Waals surface area (Å²) in [7, 11) is 1.92. The van der Waals surface area contributed by atoms with Crippen LogP contribution in [-0.4, -0.2) is 22.4 Å². The molecule has 0 aliphatic rings. The van der Waals surface area contributed by atoms with Gasteiger partial charge in [0, 0.05) is 37.9 Å². The van der Waals surface area contributed by atoms with Crippen LogP contribution in [0.15, 0.2) is 36.5 Å². The van der Waals surface area contributed by atoms with Gasteiger partial charge >= 0.3 is 6.03 Å². The van der Waals surface area contributed by atoms with Crippen LogP contribution in [0.1, 0.15) is 24.2 Å². The van der Waals surface area contributed by atoms with Crippen molar-refractivity contribution in [1.82, 2.24) is 15.1 Å². The number of aryl methyl sites for hydroxylation is 1. The minimum Gasteiger partial charge on any atom is -0.351 e. The highest BCUT2D eigenvalue weighted by Crippen LogP contribution is 2.15. The van der Waals surface area contributed by atoms with Crippen LogP contribution in [0.2, 0.25) is 0 Å². The molecule has 0 aliphatic heterocycles. The lowest BCUT2D eigenvalue weighted by atomic mass is 10.1. The van der Waals surface area contributed by atoms with E-state index in [2.05, 4.69) is 22.7 Å². The molecule has 4 N–H and O–H groups in total. The highest BCUT2D eigenvalue weighted by molar-refractivity contribution is 5.87. The van der Waals surface area contributed by atoms with E-state index in [0.717, 1.165) is 24.2 Å². The van der Waals surface area contributed by atoms with Crippen LogP contribution in [0.5, 0.6) is 0 Å². The molecule has 0 aliphatic carbocycles. The quantitative estimate of drug-likeness (QED) is 0.757. The Hall–Kier alpha value is -2.34. The van der Waals surface area contributed by atoms with E-state index in [1.54, 1.807) is 0 Å². The number of nitrogens with zero attached hydrogens (tertiary/aromatic N) is 2. The first kappa shape index (κ1) is 15.1. The third-order valence-electron chi connectivity index (χ3n) is 3.28. The van der Waals surface area contributed by atoms with Gasteiger partial charge in [0.05, 0.1) is 5.69 Å². The fourth-order valence-electron chi connectivity index (χ4n) is 2.13. The topological polar surface area (TPSA) is 85.0 Å². The van der Waals surface area contributed by atoms with E-state index in [4.69, 9.17) is 5.73 Å². The Morgan fingerprint density at radius 1 is 1.33 bits per heavy atom. The minimum atomic E-state index is -0.552. The van der Waals surface area contributed by atoms with Gasteiger partial charge in [0.15, 0.2) is 0 Å². The summed E-state index contributed by atoms with van der Waals surface area (Å²) < 4.78 is 1.81. The zero-order valence-corrected chi connectivity index (χ0v) is 12.3. The van der Waals surface area contributed by atoms with Gasteiger partial charge in [0.2, 0.25) is 0 Å². The van der Waals surface area contributed by atoms with Crippen LogP contribution < -0.4 is 16.4 Å². The van der Waals surface area contributed by atoms with Crippen LogP contribution in [0, 0.1) is 0 Å². The van der Waals surface area contributed by atoms with Crippen molar-refractivity contribution in [2.45, 2.75) is 19.4 Å². The fourth-order valence-corrected chi connectivity index (χ4v) is 2.13. The molecule has 2 amide bonds. The summed E-state index contributed by atoms with van der Waals surface area (Å²) in [6.45, 7) is 2.97. The number of hydrogen-bond donors (Lipinski definition) is 3. The maximum atomic E-state index is 10.8. The number of nitrogens with one attached hydrogen (secondary N) is 2. The molecule has 112 valence electrons. The van der Waals surface area contributed by atoms with Crippen molar-refractivity contribution in [3.8, 4) is 0 Å². The van der Waals surface area contributed by atoms with Crippen molar-refractivity contribution in [2.75, 3.05) is 11.9 Å². The molecule has 2 rings (SSSR count). The number of carbonyl (C=O) groups excluding carboxylic acids is 1. The van der Waals surface area contributed by atoms with Gasteiger partial charge in [-0.15, -0.1) is 0 Å². The Balaban J connectivity index is 1.82. The Morgan fingerprint density at radius 2 is 2.05 bits per heavy atom. The zero-order chi connectivity index (χ0) is 15.2. The number of rotatable bonds is 6. The lowest BCUT2D eigenvalue weighted by Crippen LogP contribution is -2.22. The molecule has 1 unspecified atom stereocenters. The average molecular weight is 287 g/mol. The first-order valence-corrected chi connectivity index (χ1v) is 6.93. The number of urea groups is 1. The first-order chi connectivity index (χ1) is 10.0. The number of hydrogen-bond acceptors (Lipinski definition) is 3. The van der Waals surface area contributed by atoms with Crippen molar-refractivity contribution < 1.29 is 4.79 Å². The second-order valence-electron chi connectivity index (χ2n) is 5.02. The van der Waals surface area contributed by atoms with Crippen molar-refractivity contribution in [3.05, 3.63) is 47.8 Å². The summed E-state index contributed by atoms with van der Waals surface area (Å²) in [6, 6.07) is 9.35. The van der Waals surface area contributed by atoms with E-state index >= 15 is 0 Å². The van der Waals surface area contributed by atoms with Gasteiger partial charge < -0.3 is 16.4 Å². The highest BCUT2D eigenvalue weighted by atomic mass is 16.2. The van der Waals surface area contributed by atoms with Gasteiger partial charge in [-0.2, -0.15) is 5.10 Å². The van der Waals surface area contributed by atoms with E-state index in [1.807, 2.05) is 48.3 Å². The van der Waals surface area contributed by atoms with Crippen LogP contribution in [0.4, 0.5) is 10.5 Å². The smallest absolute Gasteiger partial charge is 0.316 e. The molecule has 1 heterocycles. The Labute approximate surface area is 124 Å². The van der Waals surface area contributed by atoms with Gasteiger partial charge in [-0.1, -0.05) is 12.1 Å². The van der Waals surface area contributed by atoms with Crippen molar-refractivity contribution in [1.29, 1.82) is 0 Å². The third kappa shape index (κ3) is 4.61. The minimum absolute atomic E-state index is 0.233. The van der Waals surface area contributed by atoms with E-state index in [1.165, 1.54) is 0 Å². The maximum Gasteiger partial charge on any atom is 0.316 e. The number of aromatic nitrogens is 2. The summed E-state index contributed by atoms with van der Waals surface area (Å²) in [5, 5.41) is 10.3. The van der Waals surface area contributed by atoms with E-state index in [0.29, 0.717) is 5.69 Å². The van der Waals surface area contributed by atoms with Crippen LogP contribution in [0.25, 0.3) is 0 Å². The summed E-state index contributed by atoms with van der Waals surface area (Å²) in [5.74, 6) is 0. The van der Waals surface area contributed by atoms with Gasteiger partial charge in [-0.3, -0.25) is 4.68 Å². The largest absolute Gasteiger partial charge is 0.351 e. The summed E-state index contributed by atoms with van der Waals surface area (Å²) in [4.78, 5) is 10.8. The number of nitrogens with two attached hydrogens (primary N) is 1. The fraction of sp³-hybridized carbons (Fsp3) is 0.333. The first-order valence-electron chi connectivity index (χ1n) is 6.93. The molecule has 0 spiro atoms. The molecule has 1 atom stereocenters. The molecule has 0 saturated heterocycles. The van der Waals surface area contributed by atoms with Crippen molar-refractivity contribution >= 4 is 11.7 Å². The molecule has 0 radical (unpaired) electrons. The van der Waals surface area contributed by atoms with E-state index in [9.17, 15) is 4.79 Å². The molecule has 0 bridgehead atoms. The van der Waals surface area contributed by atoms with Gasteiger partial charge in [0.25, 0.3) is 0 Å². The summed E-state index contributed by atoms with van der Waals surface area (Å²) >= 11 is 0. The van der Waals surface area contributed by atoms with Gasteiger partial charge in [0.1, 0.15) is 0 Å². The molecule has 6 heteroatoms. The predicted octanol–water partition coefficient (Wildman–Crippen LogP) is 1.80. The van der Waals surface area contributed by atoms with E-state index < -0.39 is 6.03 Å². The monoisotopic (exact) mass is 287 g/mol. The predicted molar refractivity (Wildman–Crippen MR) is 83.0 cm³/mol. The van der Waals surface area contributed by atoms with Crippen LogP contribution in [-0.2, 0) is 13.5 Å². The standard InChI is InChI=1S/C15H21N5O/c1-11(17-9-7-14-8-10-20(2)19-14)12-3-5-13(6-4-12)18-15(16)21/h3-6,8,10-11,17H,7,9H2,1-2H3,(H3,16,18,21). The van der Waals surface area contributed by atoms with Crippen LogP contribution >= 0.6 is 0 Å².